The zero-order chi connectivity index (χ0) is 11.2. The van der Waals surface area contributed by atoms with E-state index in [-0.39, 0.29) is 0 Å². The highest BCUT2D eigenvalue weighted by atomic mass is 16.3. The second-order valence-electron chi connectivity index (χ2n) is 3.87. The normalized spacial score (nSPS) is 10.9. The van der Waals surface area contributed by atoms with Crippen LogP contribution in [0.3, 0.4) is 0 Å². The van der Waals surface area contributed by atoms with E-state index in [1.54, 1.807) is 6.26 Å². The van der Waals surface area contributed by atoms with Crippen LogP contribution in [-0.4, -0.2) is 11.4 Å². The van der Waals surface area contributed by atoms with Crippen LogP contribution in [0.2, 0.25) is 0 Å². The number of rotatable bonds is 5. The van der Waals surface area contributed by atoms with Crippen LogP contribution >= 0.6 is 0 Å². The van der Waals surface area contributed by atoms with Gasteiger partial charge >= 0.3 is 0 Å². The second kappa shape index (κ2) is 5.52. The number of furan rings is 1. The minimum atomic E-state index is 0.873. The molecule has 0 radical (unpaired) electrons. The van der Waals surface area contributed by atoms with Gasteiger partial charge in [-0.25, -0.2) is 0 Å². The minimum absolute atomic E-state index is 0.873. The lowest BCUT2D eigenvalue weighted by molar-refractivity contribution is 0.248. The first kappa shape index (κ1) is 11.0. The van der Waals surface area contributed by atoms with E-state index >= 15 is 0 Å². The molecule has 1 heterocycles. The van der Waals surface area contributed by atoms with Gasteiger partial charge in [-0.15, -0.1) is 0 Å². The second-order valence-corrected chi connectivity index (χ2v) is 3.87. The first-order chi connectivity index (χ1) is 7.88. The number of nitrogens with zero attached hydrogens (tertiary/aromatic N) is 1. The summed E-state index contributed by atoms with van der Waals surface area (Å²) in [7, 11) is 0. The molecule has 0 bridgehead atoms. The van der Waals surface area contributed by atoms with Crippen LogP contribution in [0, 0.1) is 0 Å². The molecule has 16 heavy (non-hydrogen) atoms. The maximum Gasteiger partial charge on any atom is 0.117 e. The van der Waals surface area contributed by atoms with Gasteiger partial charge in [0.05, 0.1) is 12.8 Å². The number of hydrogen-bond donors (Lipinski definition) is 0. The van der Waals surface area contributed by atoms with Crippen LogP contribution in [0.4, 0.5) is 0 Å². The molecule has 1 aromatic carbocycles. The van der Waals surface area contributed by atoms with E-state index in [9.17, 15) is 0 Å². The van der Waals surface area contributed by atoms with Gasteiger partial charge in [0.1, 0.15) is 5.76 Å². The maximum absolute atomic E-state index is 5.36. The third kappa shape index (κ3) is 2.97. The van der Waals surface area contributed by atoms with Gasteiger partial charge in [-0.05, 0) is 24.2 Å². The van der Waals surface area contributed by atoms with Gasteiger partial charge in [0, 0.05) is 6.54 Å². The summed E-state index contributed by atoms with van der Waals surface area (Å²) in [5, 5.41) is 0. The Morgan fingerprint density at radius 3 is 2.44 bits per heavy atom. The average Bonchev–Trinajstić information content (AvgIpc) is 2.82. The fourth-order valence-corrected chi connectivity index (χ4v) is 1.74. The summed E-state index contributed by atoms with van der Waals surface area (Å²) in [4.78, 5) is 2.36. The molecule has 2 aromatic rings. The van der Waals surface area contributed by atoms with Crippen molar-refractivity contribution in [2.45, 2.75) is 20.0 Å². The molecule has 0 spiro atoms. The summed E-state index contributed by atoms with van der Waals surface area (Å²) in [5.41, 5.74) is 1.34. The van der Waals surface area contributed by atoms with Crippen LogP contribution in [0.1, 0.15) is 18.2 Å². The van der Waals surface area contributed by atoms with Crippen molar-refractivity contribution in [1.82, 2.24) is 4.90 Å². The molecule has 0 fully saturated rings. The smallest absolute Gasteiger partial charge is 0.117 e. The highest BCUT2D eigenvalue weighted by molar-refractivity contribution is 5.14. The molecule has 84 valence electrons. The molecule has 0 aliphatic heterocycles. The Kier molecular flexibility index (Phi) is 3.78. The molecule has 0 aliphatic carbocycles. The lowest BCUT2D eigenvalue weighted by Gasteiger charge is -2.18. The summed E-state index contributed by atoms with van der Waals surface area (Å²) in [6, 6.07) is 14.5. The van der Waals surface area contributed by atoms with Crippen molar-refractivity contribution in [3.8, 4) is 0 Å². The molecule has 2 heteroatoms. The third-order valence-corrected chi connectivity index (χ3v) is 2.66. The van der Waals surface area contributed by atoms with Gasteiger partial charge in [0.2, 0.25) is 0 Å². The quantitative estimate of drug-likeness (QED) is 0.761. The molecule has 0 amide bonds. The molecular weight excluding hydrogens is 198 g/mol. The third-order valence-electron chi connectivity index (χ3n) is 2.66. The van der Waals surface area contributed by atoms with Crippen molar-refractivity contribution in [3.05, 3.63) is 60.1 Å². The van der Waals surface area contributed by atoms with E-state index in [4.69, 9.17) is 4.42 Å². The Morgan fingerprint density at radius 2 is 1.81 bits per heavy atom. The highest BCUT2D eigenvalue weighted by Gasteiger charge is 2.05. The zero-order valence-electron chi connectivity index (χ0n) is 9.60. The Labute approximate surface area is 96.5 Å². The summed E-state index contributed by atoms with van der Waals surface area (Å²) >= 11 is 0. The van der Waals surface area contributed by atoms with Gasteiger partial charge in [-0.1, -0.05) is 37.3 Å². The number of benzene rings is 1. The van der Waals surface area contributed by atoms with Gasteiger partial charge in [0.15, 0.2) is 0 Å². The zero-order valence-corrected chi connectivity index (χ0v) is 9.60. The van der Waals surface area contributed by atoms with Crippen LogP contribution in [0.15, 0.2) is 53.1 Å². The van der Waals surface area contributed by atoms with Crippen molar-refractivity contribution < 1.29 is 4.42 Å². The van der Waals surface area contributed by atoms with Gasteiger partial charge in [0.25, 0.3) is 0 Å². The van der Waals surface area contributed by atoms with Crippen LogP contribution in [0.25, 0.3) is 0 Å². The fourth-order valence-electron chi connectivity index (χ4n) is 1.74. The summed E-state index contributed by atoms with van der Waals surface area (Å²) in [6.45, 7) is 5.04. The monoisotopic (exact) mass is 215 g/mol. The lowest BCUT2D eigenvalue weighted by atomic mass is 10.2. The van der Waals surface area contributed by atoms with E-state index < -0.39 is 0 Å². The van der Waals surface area contributed by atoms with Gasteiger partial charge < -0.3 is 4.42 Å². The Bertz CT molecular complexity index is 394. The van der Waals surface area contributed by atoms with Crippen molar-refractivity contribution in [2.75, 3.05) is 6.54 Å². The minimum Gasteiger partial charge on any atom is -0.468 e. The molecule has 2 rings (SSSR count). The topological polar surface area (TPSA) is 16.4 Å². The highest BCUT2D eigenvalue weighted by Crippen LogP contribution is 2.09. The van der Waals surface area contributed by atoms with Crippen molar-refractivity contribution in [2.24, 2.45) is 0 Å². The predicted octanol–water partition coefficient (Wildman–Crippen LogP) is 3.30. The molecular formula is C14H17NO. The Morgan fingerprint density at radius 1 is 1.00 bits per heavy atom. The average molecular weight is 215 g/mol. The van der Waals surface area contributed by atoms with Crippen LogP contribution in [-0.2, 0) is 13.1 Å². The van der Waals surface area contributed by atoms with E-state index in [0.29, 0.717) is 0 Å². The van der Waals surface area contributed by atoms with E-state index in [2.05, 4.69) is 36.1 Å². The van der Waals surface area contributed by atoms with Crippen molar-refractivity contribution in [1.29, 1.82) is 0 Å². The van der Waals surface area contributed by atoms with Crippen LogP contribution in [0.5, 0.6) is 0 Å². The molecule has 0 saturated carbocycles. The summed E-state index contributed by atoms with van der Waals surface area (Å²) < 4.78 is 5.36. The fraction of sp³-hybridized carbons (Fsp3) is 0.286. The van der Waals surface area contributed by atoms with Gasteiger partial charge in [-0.2, -0.15) is 0 Å². The Balaban J connectivity index is 1.96. The van der Waals surface area contributed by atoms with Crippen LogP contribution < -0.4 is 0 Å². The molecule has 0 aliphatic rings. The standard InChI is InChI=1S/C14H17NO/c1-2-15(12-14-9-6-10-16-14)11-13-7-4-3-5-8-13/h3-10H,2,11-12H2,1H3. The molecule has 0 atom stereocenters. The maximum atomic E-state index is 5.36. The molecule has 1 aromatic heterocycles. The first-order valence-electron chi connectivity index (χ1n) is 5.67. The summed E-state index contributed by atoms with van der Waals surface area (Å²) in [6.07, 6.45) is 1.73. The molecule has 0 saturated heterocycles. The van der Waals surface area contributed by atoms with E-state index in [0.717, 1.165) is 25.4 Å². The molecule has 2 nitrogen and oxygen atoms in total. The largest absolute Gasteiger partial charge is 0.468 e. The predicted molar refractivity (Wildman–Crippen MR) is 64.9 cm³/mol. The van der Waals surface area contributed by atoms with E-state index in [1.807, 2.05) is 18.2 Å². The van der Waals surface area contributed by atoms with Crippen molar-refractivity contribution >= 4 is 0 Å². The summed E-state index contributed by atoms with van der Waals surface area (Å²) in [5.74, 6) is 1.03. The van der Waals surface area contributed by atoms with Crippen molar-refractivity contribution in [3.63, 3.8) is 0 Å². The lowest BCUT2D eigenvalue weighted by Crippen LogP contribution is -2.21. The molecule has 0 unspecified atom stereocenters. The SMILES string of the molecule is CCN(Cc1ccccc1)Cc1ccco1. The number of hydrogen-bond acceptors (Lipinski definition) is 2. The van der Waals surface area contributed by atoms with Gasteiger partial charge in [-0.3, -0.25) is 4.90 Å². The Hall–Kier alpha value is -1.54. The molecule has 0 N–H and O–H groups in total. The first-order valence-corrected chi connectivity index (χ1v) is 5.67. The van der Waals surface area contributed by atoms with E-state index in [1.165, 1.54) is 5.56 Å².